The van der Waals surface area contributed by atoms with Crippen LogP contribution in [-0.4, -0.2) is 20.4 Å². The number of nitrogens with one attached hydrogen (secondary N) is 2. The summed E-state index contributed by atoms with van der Waals surface area (Å²) in [6, 6.07) is 6.34. The van der Waals surface area contributed by atoms with Gasteiger partial charge in [0, 0.05) is 10.7 Å². The minimum atomic E-state index is -4.50. The second-order valence-corrected chi connectivity index (χ2v) is 8.01. The van der Waals surface area contributed by atoms with Gasteiger partial charge in [0.05, 0.1) is 16.6 Å². The zero-order valence-electron chi connectivity index (χ0n) is 13.6. The Morgan fingerprint density at radius 3 is 2.22 bits per heavy atom. The first-order valence-corrected chi connectivity index (χ1v) is 9.59. The number of hydrogen-bond donors (Lipinski definition) is 2. The molecule has 2 aromatic carbocycles. The minimum Gasteiger partial charge on any atom is -0.325 e. The zero-order valence-corrected chi connectivity index (χ0v) is 16.0. The average molecular weight is 441 g/mol. The molecular weight excluding hydrogens is 428 g/mol. The quantitative estimate of drug-likeness (QED) is 0.726. The van der Waals surface area contributed by atoms with E-state index in [1.807, 2.05) is 0 Å². The van der Waals surface area contributed by atoms with Gasteiger partial charge in [-0.3, -0.25) is 4.79 Å². The van der Waals surface area contributed by atoms with Crippen molar-refractivity contribution in [3.8, 4) is 0 Å². The molecule has 2 N–H and O–H groups in total. The monoisotopic (exact) mass is 440 g/mol. The summed E-state index contributed by atoms with van der Waals surface area (Å²) in [5.41, 5.74) is -0.787. The Bertz CT molecular complexity index is 948. The Hall–Kier alpha value is -1.81. The van der Waals surface area contributed by atoms with E-state index in [2.05, 4.69) is 10.0 Å². The third kappa shape index (κ3) is 5.58. The number of carbonyl (C=O) groups excluding carboxylic acids is 1. The summed E-state index contributed by atoms with van der Waals surface area (Å²) in [4.78, 5) is 11.8. The highest BCUT2D eigenvalue weighted by Gasteiger charge is 2.30. The molecule has 1 atom stereocenters. The second-order valence-electron chi connectivity index (χ2n) is 5.48. The summed E-state index contributed by atoms with van der Waals surface area (Å²) in [5.74, 6) is -0.767. The molecule has 146 valence electrons. The Labute approximate surface area is 163 Å². The van der Waals surface area contributed by atoms with Gasteiger partial charge in [-0.25, -0.2) is 8.42 Å². The highest BCUT2D eigenvalue weighted by Crippen LogP contribution is 2.30. The topological polar surface area (TPSA) is 75.3 Å². The molecule has 0 aliphatic heterocycles. The van der Waals surface area contributed by atoms with Crippen molar-refractivity contribution in [3.05, 3.63) is 58.1 Å². The number of hydrogen-bond acceptors (Lipinski definition) is 3. The normalized spacial score (nSPS) is 13.3. The van der Waals surface area contributed by atoms with Gasteiger partial charge in [-0.1, -0.05) is 23.2 Å². The van der Waals surface area contributed by atoms with Gasteiger partial charge in [0.2, 0.25) is 15.9 Å². The van der Waals surface area contributed by atoms with Gasteiger partial charge in [-0.15, -0.1) is 0 Å². The van der Waals surface area contributed by atoms with Gasteiger partial charge in [0.15, 0.2) is 0 Å². The number of rotatable bonds is 5. The van der Waals surface area contributed by atoms with Gasteiger partial charge in [0.25, 0.3) is 0 Å². The van der Waals surface area contributed by atoms with Crippen LogP contribution in [0.4, 0.5) is 18.9 Å². The van der Waals surface area contributed by atoms with Crippen molar-refractivity contribution in [1.82, 2.24) is 4.72 Å². The number of alkyl halides is 3. The smallest absolute Gasteiger partial charge is 0.325 e. The van der Waals surface area contributed by atoms with Gasteiger partial charge in [0.1, 0.15) is 4.90 Å². The molecule has 0 radical (unpaired) electrons. The van der Waals surface area contributed by atoms with Crippen LogP contribution in [0.3, 0.4) is 0 Å². The van der Waals surface area contributed by atoms with Crippen molar-refractivity contribution < 1.29 is 26.4 Å². The average Bonchev–Trinajstić information content (AvgIpc) is 2.56. The van der Waals surface area contributed by atoms with Crippen LogP contribution < -0.4 is 10.0 Å². The summed E-state index contributed by atoms with van der Waals surface area (Å²) < 4.78 is 64.5. The summed E-state index contributed by atoms with van der Waals surface area (Å²) in [7, 11) is -4.15. The number of carbonyl (C=O) groups is 1. The maximum Gasteiger partial charge on any atom is 0.416 e. The molecule has 0 saturated carbocycles. The van der Waals surface area contributed by atoms with Crippen molar-refractivity contribution in [3.63, 3.8) is 0 Å². The zero-order chi connectivity index (χ0) is 20.4. The van der Waals surface area contributed by atoms with Crippen molar-refractivity contribution in [1.29, 1.82) is 0 Å². The van der Waals surface area contributed by atoms with Crippen molar-refractivity contribution in [2.45, 2.75) is 24.0 Å². The van der Waals surface area contributed by atoms with E-state index in [-0.39, 0.29) is 20.6 Å². The molecule has 0 bridgehead atoms. The lowest BCUT2D eigenvalue weighted by atomic mass is 10.2. The molecule has 0 aromatic heterocycles. The molecule has 0 spiro atoms. The van der Waals surface area contributed by atoms with Gasteiger partial charge in [-0.2, -0.15) is 17.9 Å². The Kier molecular flexibility index (Phi) is 6.41. The SMILES string of the molecule is C[C@@H](NS(=O)(=O)c1cc(Cl)ccc1Cl)C(=O)Nc1ccc(C(F)(F)F)cc1. The van der Waals surface area contributed by atoms with Gasteiger partial charge >= 0.3 is 6.18 Å². The first kappa shape index (κ1) is 21.5. The van der Waals surface area contributed by atoms with Crippen LogP contribution >= 0.6 is 23.2 Å². The Balaban J connectivity index is 2.10. The highest BCUT2D eigenvalue weighted by molar-refractivity contribution is 7.89. The molecule has 2 aromatic rings. The van der Waals surface area contributed by atoms with E-state index in [0.29, 0.717) is 0 Å². The number of halogens is 5. The summed E-state index contributed by atoms with van der Waals surface area (Å²) in [5, 5.41) is 2.39. The lowest BCUT2D eigenvalue weighted by Crippen LogP contribution is -2.41. The van der Waals surface area contributed by atoms with Gasteiger partial charge in [-0.05, 0) is 49.4 Å². The third-order valence-electron chi connectivity index (χ3n) is 3.39. The fourth-order valence-electron chi connectivity index (χ4n) is 2.03. The van der Waals surface area contributed by atoms with Crippen LogP contribution in [0, 0.1) is 0 Å². The molecule has 1 amide bonds. The number of sulfonamides is 1. The predicted molar refractivity (Wildman–Crippen MR) is 96.3 cm³/mol. The van der Waals surface area contributed by atoms with E-state index < -0.39 is 33.7 Å². The third-order valence-corrected chi connectivity index (χ3v) is 5.65. The molecule has 0 unspecified atom stereocenters. The van der Waals surface area contributed by atoms with Crippen LogP contribution in [0.2, 0.25) is 10.0 Å². The minimum absolute atomic E-state index is 0.0813. The number of anilines is 1. The number of amides is 1. The van der Waals surface area contributed by atoms with Crippen LogP contribution in [0.25, 0.3) is 0 Å². The van der Waals surface area contributed by atoms with Crippen LogP contribution in [0.15, 0.2) is 47.4 Å². The van der Waals surface area contributed by atoms with Crippen LogP contribution in [0.1, 0.15) is 12.5 Å². The molecule has 0 saturated heterocycles. The summed E-state index contributed by atoms with van der Waals surface area (Å²) >= 11 is 11.6. The molecule has 0 aliphatic rings. The molecule has 0 heterocycles. The van der Waals surface area contributed by atoms with Crippen molar-refractivity contribution >= 4 is 44.8 Å². The molecule has 27 heavy (non-hydrogen) atoms. The van der Waals surface area contributed by atoms with E-state index in [4.69, 9.17) is 23.2 Å². The molecule has 5 nitrogen and oxygen atoms in total. The maximum atomic E-state index is 12.5. The second kappa shape index (κ2) is 8.05. The van der Waals surface area contributed by atoms with Crippen LogP contribution in [-0.2, 0) is 21.0 Å². The van der Waals surface area contributed by atoms with Gasteiger partial charge < -0.3 is 5.32 Å². The molecular formula is C16H13Cl2F3N2O3S. The molecule has 0 aliphatic carbocycles. The predicted octanol–water partition coefficient (Wildman–Crippen LogP) is 4.32. The van der Waals surface area contributed by atoms with Crippen molar-refractivity contribution in [2.24, 2.45) is 0 Å². The lowest BCUT2D eigenvalue weighted by Gasteiger charge is -2.15. The van der Waals surface area contributed by atoms with E-state index >= 15 is 0 Å². The van der Waals surface area contributed by atoms with E-state index in [1.54, 1.807) is 0 Å². The first-order chi connectivity index (χ1) is 12.4. The van der Waals surface area contributed by atoms with E-state index in [1.165, 1.54) is 19.1 Å². The molecule has 0 fully saturated rings. The fourth-order valence-corrected chi connectivity index (χ4v) is 3.99. The lowest BCUT2D eigenvalue weighted by molar-refractivity contribution is -0.137. The summed E-state index contributed by atoms with van der Waals surface area (Å²) in [6.07, 6.45) is -4.50. The van der Waals surface area contributed by atoms with Crippen molar-refractivity contribution in [2.75, 3.05) is 5.32 Å². The molecule has 11 heteroatoms. The fraction of sp³-hybridized carbons (Fsp3) is 0.188. The van der Waals surface area contributed by atoms with Crippen LogP contribution in [0.5, 0.6) is 0 Å². The maximum absolute atomic E-state index is 12.5. The summed E-state index contributed by atoms with van der Waals surface area (Å²) in [6.45, 7) is 1.27. The molecule has 2 rings (SSSR count). The highest BCUT2D eigenvalue weighted by atomic mass is 35.5. The Morgan fingerprint density at radius 2 is 1.67 bits per heavy atom. The Morgan fingerprint density at radius 1 is 1.07 bits per heavy atom. The number of benzene rings is 2. The van der Waals surface area contributed by atoms with E-state index in [9.17, 15) is 26.4 Å². The first-order valence-electron chi connectivity index (χ1n) is 7.35. The standard InChI is InChI=1S/C16H13Cl2F3N2O3S/c1-9(23-27(25,26)14-8-11(17)4-7-13(14)18)15(24)22-12-5-2-10(3-6-12)16(19,20)21/h2-9,23H,1H3,(H,22,24)/t9-/m1/s1. The van der Waals surface area contributed by atoms with E-state index in [0.717, 1.165) is 30.3 Å². The largest absolute Gasteiger partial charge is 0.416 e.